The molecule has 0 fully saturated rings. The fourth-order valence-electron chi connectivity index (χ4n) is 3.22. The SMILES string of the molecule is CC[C@@H](C)NC(=O)c1ccc(CSc2nnc(-c3ccccc3Cl)n2[C@@H](C)COC)cc1. The molecule has 32 heavy (non-hydrogen) atoms. The number of rotatable bonds is 10. The summed E-state index contributed by atoms with van der Waals surface area (Å²) in [6.07, 6.45) is 0.902. The first kappa shape index (κ1) is 24.3. The van der Waals surface area contributed by atoms with E-state index in [0.29, 0.717) is 22.9 Å². The summed E-state index contributed by atoms with van der Waals surface area (Å²) in [5.74, 6) is 1.38. The molecule has 0 unspecified atom stereocenters. The summed E-state index contributed by atoms with van der Waals surface area (Å²) in [5, 5.41) is 13.3. The summed E-state index contributed by atoms with van der Waals surface area (Å²) in [4.78, 5) is 12.3. The molecule has 170 valence electrons. The third-order valence-corrected chi connectivity index (χ3v) is 6.55. The Morgan fingerprint density at radius 1 is 1.16 bits per heavy atom. The molecule has 3 rings (SSSR count). The van der Waals surface area contributed by atoms with Crippen molar-refractivity contribution in [3.05, 3.63) is 64.7 Å². The van der Waals surface area contributed by atoms with Gasteiger partial charge in [-0.3, -0.25) is 9.36 Å². The van der Waals surface area contributed by atoms with Gasteiger partial charge in [0.25, 0.3) is 5.91 Å². The molecule has 0 spiro atoms. The fourth-order valence-corrected chi connectivity index (χ4v) is 4.44. The van der Waals surface area contributed by atoms with Crippen LogP contribution in [0.3, 0.4) is 0 Å². The average molecular weight is 473 g/mol. The number of aromatic nitrogens is 3. The van der Waals surface area contributed by atoms with Gasteiger partial charge in [0.1, 0.15) is 0 Å². The predicted molar refractivity (Wildman–Crippen MR) is 130 cm³/mol. The highest BCUT2D eigenvalue weighted by molar-refractivity contribution is 7.98. The molecule has 2 aromatic carbocycles. The van der Waals surface area contributed by atoms with Crippen molar-refractivity contribution in [2.75, 3.05) is 13.7 Å². The maximum atomic E-state index is 12.3. The van der Waals surface area contributed by atoms with Gasteiger partial charge < -0.3 is 10.1 Å². The van der Waals surface area contributed by atoms with Crippen molar-refractivity contribution in [2.45, 2.75) is 50.2 Å². The Hall–Kier alpha value is -2.35. The molecular weight excluding hydrogens is 444 g/mol. The van der Waals surface area contributed by atoms with Gasteiger partial charge >= 0.3 is 0 Å². The molecular formula is C24H29ClN4O2S. The van der Waals surface area contributed by atoms with Crippen LogP contribution < -0.4 is 5.32 Å². The van der Waals surface area contributed by atoms with Crippen LogP contribution >= 0.6 is 23.4 Å². The van der Waals surface area contributed by atoms with Gasteiger partial charge in [0.2, 0.25) is 0 Å². The second-order valence-electron chi connectivity index (χ2n) is 7.73. The van der Waals surface area contributed by atoms with Crippen LogP contribution in [-0.4, -0.2) is 40.4 Å². The van der Waals surface area contributed by atoms with E-state index in [1.54, 1.807) is 18.9 Å². The van der Waals surface area contributed by atoms with E-state index in [1.165, 1.54) is 0 Å². The summed E-state index contributed by atoms with van der Waals surface area (Å²) in [5.41, 5.74) is 2.61. The largest absolute Gasteiger partial charge is 0.383 e. The quantitative estimate of drug-likeness (QED) is 0.387. The Balaban J connectivity index is 1.77. The highest BCUT2D eigenvalue weighted by Crippen LogP contribution is 2.33. The zero-order valence-corrected chi connectivity index (χ0v) is 20.4. The second kappa shape index (κ2) is 11.5. The summed E-state index contributed by atoms with van der Waals surface area (Å²) < 4.78 is 7.45. The Kier molecular flexibility index (Phi) is 8.73. The molecule has 2 atom stereocenters. The fraction of sp³-hybridized carbons (Fsp3) is 0.375. The van der Waals surface area contributed by atoms with Gasteiger partial charge in [-0.05, 0) is 50.1 Å². The highest BCUT2D eigenvalue weighted by Gasteiger charge is 2.21. The van der Waals surface area contributed by atoms with E-state index >= 15 is 0 Å². The van der Waals surface area contributed by atoms with E-state index < -0.39 is 0 Å². The summed E-state index contributed by atoms with van der Waals surface area (Å²) in [7, 11) is 1.68. The first-order chi connectivity index (χ1) is 15.4. The normalized spacial score (nSPS) is 13.0. The van der Waals surface area contributed by atoms with E-state index in [0.717, 1.165) is 28.5 Å². The maximum Gasteiger partial charge on any atom is 0.251 e. The van der Waals surface area contributed by atoms with Crippen molar-refractivity contribution in [1.82, 2.24) is 20.1 Å². The third-order valence-electron chi connectivity index (χ3n) is 5.20. The maximum absolute atomic E-state index is 12.3. The lowest BCUT2D eigenvalue weighted by molar-refractivity contribution is 0.0939. The number of ether oxygens (including phenoxy) is 1. The molecule has 3 aromatic rings. The molecule has 0 aliphatic heterocycles. The minimum absolute atomic E-state index is 0.0374. The number of benzene rings is 2. The monoisotopic (exact) mass is 472 g/mol. The predicted octanol–water partition coefficient (Wildman–Crippen LogP) is 5.63. The van der Waals surface area contributed by atoms with Gasteiger partial charge in [-0.15, -0.1) is 10.2 Å². The van der Waals surface area contributed by atoms with Crippen molar-refractivity contribution < 1.29 is 9.53 Å². The lowest BCUT2D eigenvalue weighted by Crippen LogP contribution is -2.31. The summed E-state index contributed by atoms with van der Waals surface area (Å²) >= 11 is 8.02. The van der Waals surface area contributed by atoms with E-state index in [9.17, 15) is 4.79 Å². The molecule has 1 N–H and O–H groups in total. The standard InChI is InChI=1S/C24H29ClN4O2S/c1-5-16(2)26-23(30)19-12-10-18(11-13-19)15-32-24-28-27-22(29(24)17(3)14-31-4)20-8-6-7-9-21(20)25/h6-13,16-17H,5,14-15H2,1-4H3,(H,26,30)/t16-,17+/m1/s1. The number of hydrogen-bond donors (Lipinski definition) is 1. The van der Waals surface area contributed by atoms with E-state index in [1.807, 2.05) is 55.5 Å². The van der Waals surface area contributed by atoms with Gasteiger partial charge in [0.05, 0.1) is 17.7 Å². The molecule has 6 nitrogen and oxygen atoms in total. The molecule has 1 amide bonds. The molecule has 0 aliphatic rings. The highest BCUT2D eigenvalue weighted by atomic mass is 35.5. The molecule has 8 heteroatoms. The number of methoxy groups -OCH3 is 1. The Labute approximate surface area is 198 Å². The summed E-state index contributed by atoms with van der Waals surface area (Å²) in [6.45, 7) is 6.65. The van der Waals surface area contributed by atoms with E-state index in [4.69, 9.17) is 16.3 Å². The number of hydrogen-bond acceptors (Lipinski definition) is 5. The van der Waals surface area contributed by atoms with Crippen LogP contribution in [0.5, 0.6) is 0 Å². The zero-order chi connectivity index (χ0) is 23.1. The average Bonchev–Trinajstić information content (AvgIpc) is 3.22. The van der Waals surface area contributed by atoms with Crippen LogP contribution in [0.4, 0.5) is 0 Å². The third kappa shape index (κ3) is 5.91. The number of halogens is 1. The van der Waals surface area contributed by atoms with Crippen LogP contribution in [0, 0.1) is 0 Å². The van der Waals surface area contributed by atoms with Gasteiger partial charge in [0.15, 0.2) is 11.0 Å². The first-order valence-electron chi connectivity index (χ1n) is 10.7. The Morgan fingerprint density at radius 2 is 1.88 bits per heavy atom. The van der Waals surface area contributed by atoms with Crippen LogP contribution in [0.2, 0.25) is 5.02 Å². The molecule has 0 aliphatic carbocycles. The number of carbonyl (C=O) groups excluding carboxylic acids is 1. The zero-order valence-electron chi connectivity index (χ0n) is 18.8. The van der Waals surface area contributed by atoms with E-state index in [2.05, 4.69) is 33.9 Å². The van der Waals surface area contributed by atoms with Crippen molar-refractivity contribution in [1.29, 1.82) is 0 Å². The smallest absolute Gasteiger partial charge is 0.251 e. The van der Waals surface area contributed by atoms with Crippen LogP contribution in [0.25, 0.3) is 11.4 Å². The second-order valence-corrected chi connectivity index (χ2v) is 9.08. The lowest BCUT2D eigenvalue weighted by Gasteiger charge is -2.17. The number of nitrogens with zero attached hydrogens (tertiary/aromatic N) is 3. The van der Waals surface area contributed by atoms with Crippen molar-refractivity contribution >= 4 is 29.3 Å². The Morgan fingerprint density at radius 3 is 2.53 bits per heavy atom. The van der Waals surface area contributed by atoms with Crippen LogP contribution in [0.15, 0.2) is 53.7 Å². The number of amides is 1. The molecule has 0 saturated carbocycles. The minimum atomic E-state index is -0.0453. The summed E-state index contributed by atoms with van der Waals surface area (Å²) in [6, 6.07) is 15.5. The van der Waals surface area contributed by atoms with Crippen molar-refractivity contribution in [3.63, 3.8) is 0 Å². The lowest BCUT2D eigenvalue weighted by atomic mass is 10.1. The topological polar surface area (TPSA) is 69.0 Å². The van der Waals surface area contributed by atoms with Crippen LogP contribution in [-0.2, 0) is 10.5 Å². The first-order valence-corrected chi connectivity index (χ1v) is 12.0. The molecule has 1 heterocycles. The number of nitrogens with one attached hydrogen (secondary N) is 1. The van der Waals surface area contributed by atoms with Gasteiger partial charge in [-0.2, -0.15) is 0 Å². The van der Waals surface area contributed by atoms with Gasteiger partial charge in [-0.1, -0.05) is 54.6 Å². The van der Waals surface area contributed by atoms with Crippen molar-refractivity contribution in [2.24, 2.45) is 0 Å². The molecule has 0 saturated heterocycles. The van der Waals surface area contributed by atoms with Gasteiger partial charge in [-0.25, -0.2) is 0 Å². The number of carbonyl (C=O) groups is 1. The van der Waals surface area contributed by atoms with E-state index in [-0.39, 0.29) is 18.0 Å². The van der Waals surface area contributed by atoms with Crippen molar-refractivity contribution in [3.8, 4) is 11.4 Å². The minimum Gasteiger partial charge on any atom is -0.383 e. The molecule has 0 bridgehead atoms. The number of thioether (sulfide) groups is 1. The molecule has 1 aromatic heterocycles. The van der Waals surface area contributed by atoms with Gasteiger partial charge in [0, 0.05) is 30.0 Å². The Bertz CT molecular complexity index is 1040. The van der Waals surface area contributed by atoms with Crippen LogP contribution in [0.1, 0.15) is 49.2 Å². The molecule has 0 radical (unpaired) electrons.